The Hall–Kier alpha value is -1.37. The van der Waals surface area contributed by atoms with Crippen LogP contribution in [0.5, 0.6) is 0 Å². The molecule has 1 saturated carbocycles. The lowest BCUT2D eigenvalue weighted by Crippen LogP contribution is -2.26. The Kier molecular flexibility index (Phi) is 3.78. The molecule has 1 aromatic rings. The smallest absolute Gasteiger partial charge is 0.230 e. The van der Waals surface area contributed by atoms with Crippen LogP contribution >= 0.6 is 11.8 Å². The van der Waals surface area contributed by atoms with Crippen molar-refractivity contribution in [1.29, 1.82) is 0 Å². The Labute approximate surface area is 104 Å². The normalized spacial score (nSPS) is 14.6. The van der Waals surface area contributed by atoms with Crippen LogP contribution in [-0.2, 0) is 4.79 Å². The summed E-state index contributed by atoms with van der Waals surface area (Å²) < 4.78 is 1.80. The highest BCUT2D eigenvalue weighted by molar-refractivity contribution is 7.99. The topological polar surface area (TPSA) is 72.7 Å². The summed E-state index contributed by atoms with van der Waals surface area (Å²) in [6, 6.07) is 0.436. The highest BCUT2D eigenvalue weighted by atomic mass is 32.2. The van der Waals surface area contributed by atoms with Gasteiger partial charge in [-0.1, -0.05) is 23.9 Å². The van der Waals surface area contributed by atoms with Crippen LogP contribution in [0.15, 0.2) is 17.3 Å². The van der Waals surface area contributed by atoms with E-state index < -0.39 is 0 Å². The lowest BCUT2D eigenvalue weighted by Gasteiger charge is -2.04. The van der Waals surface area contributed by atoms with E-state index in [1.807, 2.05) is 6.92 Å². The van der Waals surface area contributed by atoms with E-state index in [1.165, 1.54) is 11.8 Å². The van der Waals surface area contributed by atoms with Crippen molar-refractivity contribution < 1.29 is 4.79 Å². The van der Waals surface area contributed by atoms with E-state index in [0.717, 1.165) is 23.6 Å². The molecule has 1 heterocycles. The lowest BCUT2D eigenvalue weighted by molar-refractivity contribution is -0.118. The van der Waals surface area contributed by atoms with Gasteiger partial charge in [0.15, 0.2) is 0 Å². The predicted octanol–water partition coefficient (Wildman–Crippen LogP) is 0.792. The molecule has 0 unspecified atom stereocenters. The van der Waals surface area contributed by atoms with Gasteiger partial charge in [-0.2, -0.15) is 0 Å². The monoisotopic (exact) mass is 253 g/mol. The molecule has 0 radical (unpaired) electrons. The quantitative estimate of drug-likeness (QED) is 0.599. The second-order valence-corrected chi connectivity index (χ2v) is 5.10. The van der Waals surface area contributed by atoms with Crippen molar-refractivity contribution in [2.75, 3.05) is 12.3 Å². The first-order valence-corrected chi connectivity index (χ1v) is 6.47. The van der Waals surface area contributed by atoms with Gasteiger partial charge in [0, 0.05) is 6.54 Å². The summed E-state index contributed by atoms with van der Waals surface area (Å²) in [4.78, 5) is 11.5. The standard InChI is InChI=1S/C10H15N5OS/c1-7(2)5-11-9(16)6-17-10-12-13-14-15(10)8-3-4-8/h8H,1,3-6H2,2H3,(H,11,16). The molecule has 0 saturated heterocycles. The molecule has 0 aromatic carbocycles. The van der Waals surface area contributed by atoms with Crippen LogP contribution in [0.3, 0.4) is 0 Å². The van der Waals surface area contributed by atoms with E-state index >= 15 is 0 Å². The first-order valence-electron chi connectivity index (χ1n) is 5.48. The van der Waals surface area contributed by atoms with Crippen LogP contribution in [0.1, 0.15) is 25.8 Å². The fraction of sp³-hybridized carbons (Fsp3) is 0.600. The molecule has 1 aliphatic carbocycles. The Bertz CT molecular complexity index is 426. The zero-order chi connectivity index (χ0) is 12.3. The molecule has 17 heavy (non-hydrogen) atoms. The van der Waals surface area contributed by atoms with Crippen LogP contribution in [0.25, 0.3) is 0 Å². The Morgan fingerprint density at radius 2 is 2.41 bits per heavy atom. The zero-order valence-electron chi connectivity index (χ0n) is 9.72. The first-order chi connectivity index (χ1) is 8.16. The molecule has 0 bridgehead atoms. The minimum atomic E-state index is -0.0247. The summed E-state index contributed by atoms with van der Waals surface area (Å²) in [5.41, 5.74) is 0.936. The number of nitrogens with zero attached hydrogens (tertiary/aromatic N) is 4. The Morgan fingerprint density at radius 1 is 1.65 bits per heavy atom. The number of amides is 1. The second-order valence-electron chi connectivity index (χ2n) is 4.16. The number of carbonyl (C=O) groups excluding carboxylic acids is 1. The summed E-state index contributed by atoms with van der Waals surface area (Å²) in [7, 11) is 0. The van der Waals surface area contributed by atoms with Gasteiger partial charge >= 0.3 is 0 Å². The third-order valence-corrected chi connectivity index (χ3v) is 3.21. The van der Waals surface area contributed by atoms with Gasteiger partial charge in [-0.3, -0.25) is 4.79 Å². The summed E-state index contributed by atoms with van der Waals surface area (Å²) >= 11 is 1.37. The maximum absolute atomic E-state index is 11.5. The molecule has 7 heteroatoms. The third kappa shape index (κ3) is 3.55. The van der Waals surface area contributed by atoms with Crippen molar-refractivity contribution in [3.05, 3.63) is 12.2 Å². The van der Waals surface area contributed by atoms with Gasteiger partial charge in [-0.05, 0) is 30.2 Å². The van der Waals surface area contributed by atoms with Gasteiger partial charge in [-0.15, -0.1) is 5.10 Å². The highest BCUT2D eigenvalue weighted by Gasteiger charge is 2.28. The zero-order valence-corrected chi connectivity index (χ0v) is 10.5. The van der Waals surface area contributed by atoms with Gasteiger partial charge in [-0.25, -0.2) is 4.68 Å². The summed E-state index contributed by atoms with van der Waals surface area (Å²) in [6.45, 7) is 6.12. The third-order valence-electron chi connectivity index (χ3n) is 2.28. The van der Waals surface area contributed by atoms with Crippen LogP contribution in [0.4, 0.5) is 0 Å². The molecule has 6 nitrogen and oxygen atoms in total. The molecule has 2 rings (SSSR count). The van der Waals surface area contributed by atoms with Crippen molar-refractivity contribution in [2.45, 2.75) is 31.0 Å². The van der Waals surface area contributed by atoms with Crippen LogP contribution in [0, 0.1) is 0 Å². The molecule has 0 spiro atoms. The van der Waals surface area contributed by atoms with Crippen molar-refractivity contribution in [3.63, 3.8) is 0 Å². The van der Waals surface area contributed by atoms with Crippen LogP contribution in [-0.4, -0.2) is 38.4 Å². The second kappa shape index (κ2) is 5.31. The van der Waals surface area contributed by atoms with E-state index in [9.17, 15) is 4.79 Å². The molecule has 0 aliphatic heterocycles. The molecule has 1 fully saturated rings. The number of aromatic nitrogens is 4. The molecular formula is C10H15N5OS. The van der Waals surface area contributed by atoms with E-state index in [2.05, 4.69) is 27.4 Å². The maximum atomic E-state index is 11.5. The minimum absolute atomic E-state index is 0.0247. The fourth-order valence-electron chi connectivity index (χ4n) is 1.26. The summed E-state index contributed by atoms with van der Waals surface area (Å²) in [5, 5.41) is 15.0. The van der Waals surface area contributed by atoms with E-state index in [0.29, 0.717) is 18.3 Å². The van der Waals surface area contributed by atoms with E-state index in [-0.39, 0.29) is 5.91 Å². The number of carbonyl (C=O) groups is 1. The number of thioether (sulfide) groups is 1. The molecular weight excluding hydrogens is 238 g/mol. The Balaban J connectivity index is 1.78. The van der Waals surface area contributed by atoms with Crippen LogP contribution < -0.4 is 5.32 Å². The van der Waals surface area contributed by atoms with Gasteiger partial charge in [0.25, 0.3) is 0 Å². The lowest BCUT2D eigenvalue weighted by atomic mass is 10.3. The molecule has 92 valence electrons. The number of rotatable bonds is 6. The van der Waals surface area contributed by atoms with Crippen molar-refractivity contribution in [3.8, 4) is 0 Å². The van der Waals surface area contributed by atoms with Gasteiger partial charge in [0.2, 0.25) is 11.1 Å². The van der Waals surface area contributed by atoms with Gasteiger partial charge < -0.3 is 5.32 Å². The highest BCUT2D eigenvalue weighted by Crippen LogP contribution is 2.36. The van der Waals surface area contributed by atoms with Gasteiger partial charge in [0.05, 0.1) is 11.8 Å². The average molecular weight is 253 g/mol. The van der Waals surface area contributed by atoms with Crippen LogP contribution in [0.2, 0.25) is 0 Å². The number of nitrogens with one attached hydrogen (secondary N) is 1. The van der Waals surface area contributed by atoms with Crippen molar-refractivity contribution in [2.24, 2.45) is 0 Å². The average Bonchev–Trinajstić information content (AvgIpc) is 3.03. The molecule has 0 atom stereocenters. The van der Waals surface area contributed by atoms with Crippen molar-refractivity contribution >= 4 is 17.7 Å². The van der Waals surface area contributed by atoms with Gasteiger partial charge in [0.1, 0.15) is 0 Å². The number of tetrazole rings is 1. The largest absolute Gasteiger partial charge is 0.352 e. The molecule has 1 aromatic heterocycles. The van der Waals surface area contributed by atoms with E-state index in [4.69, 9.17) is 0 Å². The van der Waals surface area contributed by atoms with Crippen molar-refractivity contribution in [1.82, 2.24) is 25.5 Å². The first kappa shape index (κ1) is 12.1. The fourth-order valence-corrected chi connectivity index (χ4v) is 2.03. The SMILES string of the molecule is C=C(C)CNC(=O)CSc1nnnn1C1CC1. The Morgan fingerprint density at radius 3 is 3.06 bits per heavy atom. The molecule has 1 N–H and O–H groups in total. The number of hydrogen-bond donors (Lipinski definition) is 1. The minimum Gasteiger partial charge on any atom is -0.352 e. The summed E-state index contributed by atoms with van der Waals surface area (Å²) in [5.74, 6) is 0.309. The molecule has 1 aliphatic rings. The maximum Gasteiger partial charge on any atom is 0.230 e. The van der Waals surface area contributed by atoms with E-state index in [1.54, 1.807) is 4.68 Å². The molecule has 1 amide bonds. The predicted molar refractivity (Wildman–Crippen MR) is 64.6 cm³/mol. The summed E-state index contributed by atoms with van der Waals surface area (Å²) in [6.07, 6.45) is 2.25. The number of hydrogen-bond acceptors (Lipinski definition) is 5.